The number of carbonyl (C=O) groups excluding carboxylic acids is 1. The molecule has 0 unspecified atom stereocenters. The first-order valence-corrected chi connectivity index (χ1v) is 8.93. The topological polar surface area (TPSA) is 17.1 Å². The van der Waals surface area contributed by atoms with Crippen LogP contribution in [0.3, 0.4) is 0 Å². The van der Waals surface area contributed by atoms with E-state index in [1.807, 2.05) is 48.5 Å². The predicted molar refractivity (Wildman–Crippen MR) is 108 cm³/mol. The molecule has 26 heavy (non-hydrogen) atoms. The smallest absolute Gasteiger partial charge is 0.163 e. The fourth-order valence-corrected chi connectivity index (χ4v) is 3.47. The first-order chi connectivity index (χ1) is 12.8. The second kappa shape index (κ2) is 7.37. The summed E-state index contributed by atoms with van der Waals surface area (Å²) >= 11 is 0. The van der Waals surface area contributed by atoms with Gasteiger partial charge in [0.15, 0.2) is 5.78 Å². The van der Waals surface area contributed by atoms with Crippen LogP contribution in [0.2, 0.25) is 0 Å². The molecule has 1 heteroatoms. The Balaban J connectivity index is 1.74. The maximum Gasteiger partial charge on any atom is 0.163 e. The molecule has 4 aromatic rings. The zero-order chi connectivity index (χ0) is 17.8. The predicted octanol–water partition coefficient (Wildman–Crippen LogP) is 6.24. The summed E-state index contributed by atoms with van der Waals surface area (Å²) in [4.78, 5) is 12.9. The zero-order valence-corrected chi connectivity index (χ0v) is 14.5. The molecule has 126 valence electrons. The van der Waals surface area contributed by atoms with E-state index in [9.17, 15) is 4.79 Å². The van der Waals surface area contributed by atoms with Crippen molar-refractivity contribution in [3.8, 4) is 0 Å². The van der Waals surface area contributed by atoms with Crippen molar-refractivity contribution in [3.63, 3.8) is 0 Å². The largest absolute Gasteiger partial charge is 0.294 e. The molecule has 1 atom stereocenters. The molecule has 4 aromatic carbocycles. The molecule has 0 N–H and O–H groups in total. The molecule has 0 aliphatic rings. The van der Waals surface area contributed by atoms with Crippen LogP contribution in [0.5, 0.6) is 0 Å². The lowest BCUT2D eigenvalue weighted by atomic mass is 9.85. The normalized spacial score (nSPS) is 12.0. The number of ketones is 1. The molecule has 4 rings (SSSR count). The highest BCUT2D eigenvalue weighted by atomic mass is 16.1. The van der Waals surface area contributed by atoms with E-state index in [2.05, 4.69) is 54.6 Å². The quantitative estimate of drug-likeness (QED) is 0.394. The van der Waals surface area contributed by atoms with Gasteiger partial charge in [0.2, 0.25) is 0 Å². The summed E-state index contributed by atoms with van der Waals surface area (Å²) in [6.07, 6.45) is 0.465. The van der Waals surface area contributed by atoms with E-state index in [0.29, 0.717) is 6.42 Å². The first-order valence-electron chi connectivity index (χ1n) is 8.93. The van der Waals surface area contributed by atoms with Gasteiger partial charge in [-0.2, -0.15) is 0 Å². The number of Topliss-reactive ketones (excluding diaryl/α,β-unsaturated/α-hetero) is 1. The average Bonchev–Trinajstić information content (AvgIpc) is 2.73. The summed E-state index contributed by atoms with van der Waals surface area (Å²) in [5, 5.41) is 2.43. The van der Waals surface area contributed by atoms with Crippen LogP contribution in [-0.4, -0.2) is 5.78 Å². The number of hydrogen-bond acceptors (Lipinski definition) is 1. The Hall–Kier alpha value is -3.19. The summed E-state index contributed by atoms with van der Waals surface area (Å²) in [7, 11) is 0. The Morgan fingerprint density at radius 3 is 1.96 bits per heavy atom. The van der Waals surface area contributed by atoms with Gasteiger partial charge in [0, 0.05) is 17.9 Å². The van der Waals surface area contributed by atoms with Gasteiger partial charge in [-0.05, 0) is 21.9 Å². The molecule has 0 aliphatic heterocycles. The zero-order valence-electron chi connectivity index (χ0n) is 14.5. The van der Waals surface area contributed by atoms with Crippen LogP contribution in [-0.2, 0) is 0 Å². The molecule has 0 radical (unpaired) electrons. The molecule has 0 spiro atoms. The summed E-state index contributed by atoms with van der Waals surface area (Å²) < 4.78 is 0. The third-order valence-electron chi connectivity index (χ3n) is 4.86. The highest BCUT2D eigenvalue weighted by Gasteiger charge is 2.19. The van der Waals surface area contributed by atoms with Crippen LogP contribution in [0, 0.1) is 0 Å². The molecule has 0 aromatic heterocycles. The summed E-state index contributed by atoms with van der Waals surface area (Å²) in [6.45, 7) is 0. The summed E-state index contributed by atoms with van der Waals surface area (Å²) in [5.41, 5.74) is 3.13. The van der Waals surface area contributed by atoms with Crippen molar-refractivity contribution >= 4 is 16.6 Å². The lowest BCUT2D eigenvalue weighted by molar-refractivity contribution is 0.0977. The molecular formula is C25H20O. The van der Waals surface area contributed by atoms with E-state index in [1.165, 1.54) is 21.9 Å². The molecule has 0 saturated heterocycles. The third kappa shape index (κ3) is 3.43. The van der Waals surface area contributed by atoms with E-state index in [0.717, 1.165) is 5.56 Å². The minimum absolute atomic E-state index is 0.0495. The fourth-order valence-electron chi connectivity index (χ4n) is 3.47. The molecule has 0 fully saturated rings. The standard InChI is InChI=1S/C25H20O/c26-25(21-12-5-2-6-13-21)18-24(20-10-3-1-4-11-20)23-16-15-19-9-7-8-14-22(19)17-23/h1-17,24H,18H2/t24-/m0/s1. The van der Waals surface area contributed by atoms with Gasteiger partial charge < -0.3 is 0 Å². The minimum Gasteiger partial charge on any atom is -0.294 e. The van der Waals surface area contributed by atoms with Gasteiger partial charge in [0.1, 0.15) is 0 Å². The second-order valence-corrected chi connectivity index (χ2v) is 6.56. The summed E-state index contributed by atoms with van der Waals surface area (Å²) in [6, 6.07) is 34.7. The SMILES string of the molecule is O=C(C[C@@H](c1ccccc1)c1ccc2ccccc2c1)c1ccccc1. The number of benzene rings is 4. The maximum absolute atomic E-state index is 12.9. The van der Waals surface area contributed by atoms with Crippen molar-refractivity contribution < 1.29 is 4.79 Å². The highest BCUT2D eigenvalue weighted by molar-refractivity contribution is 5.97. The van der Waals surface area contributed by atoms with Crippen LogP contribution in [0.15, 0.2) is 103 Å². The van der Waals surface area contributed by atoms with E-state index in [1.54, 1.807) is 0 Å². The number of fused-ring (bicyclic) bond motifs is 1. The van der Waals surface area contributed by atoms with E-state index < -0.39 is 0 Å². The van der Waals surface area contributed by atoms with Crippen molar-refractivity contribution in [2.45, 2.75) is 12.3 Å². The Morgan fingerprint density at radius 2 is 1.23 bits per heavy atom. The number of hydrogen-bond donors (Lipinski definition) is 0. The van der Waals surface area contributed by atoms with E-state index in [-0.39, 0.29) is 11.7 Å². The van der Waals surface area contributed by atoms with Crippen LogP contribution in [0.4, 0.5) is 0 Å². The monoisotopic (exact) mass is 336 g/mol. The van der Waals surface area contributed by atoms with Crippen molar-refractivity contribution in [1.82, 2.24) is 0 Å². The molecule has 0 amide bonds. The van der Waals surface area contributed by atoms with Crippen LogP contribution >= 0.6 is 0 Å². The lowest BCUT2D eigenvalue weighted by Gasteiger charge is -2.18. The van der Waals surface area contributed by atoms with Gasteiger partial charge in [0.05, 0.1) is 0 Å². The Bertz CT molecular complexity index is 1020. The lowest BCUT2D eigenvalue weighted by Crippen LogP contribution is -2.09. The van der Waals surface area contributed by atoms with Gasteiger partial charge >= 0.3 is 0 Å². The van der Waals surface area contributed by atoms with Gasteiger partial charge in [-0.15, -0.1) is 0 Å². The van der Waals surface area contributed by atoms with Gasteiger partial charge in [0.25, 0.3) is 0 Å². The first kappa shape index (κ1) is 16.3. The molecule has 1 nitrogen and oxygen atoms in total. The minimum atomic E-state index is 0.0495. The van der Waals surface area contributed by atoms with Crippen molar-refractivity contribution in [2.75, 3.05) is 0 Å². The Labute approximate surface area is 153 Å². The average molecular weight is 336 g/mol. The van der Waals surface area contributed by atoms with E-state index in [4.69, 9.17) is 0 Å². The summed E-state index contributed by atoms with van der Waals surface area (Å²) in [5.74, 6) is 0.223. The molecule has 0 heterocycles. The highest BCUT2D eigenvalue weighted by Crippen LogP contribution is 2.31. The Morgan fingerprint density at radius 1 is 0.615 bits per heavy atom. The van der Waals surface area contributed by atoms with Crippen LogP contribution in [0.25, 0.3) is 10.8 Å². The van der Waals surface area contributed by atoms with Crippen LogP contribution in [0.1, 0.15) is 33.8 Å². The van der Waals surface area contributed by atoms with Crippen molar-refractivity contribution in [2.24, 2.45) is 0 Å². The third-order valence-corrected chi connectivity index (χ3v) is 4.86. The van der Waals surface area contributed by atoms with Crippen molar-refractivity contribution in [3.05, 3.63) is 120 Å². The van der Waals surface area contributed by atoms with Crippen molar-refractivity contribution in [1.29, 1.82) is 0 Å². The number of rotatable bonds is 5. The van der Waals surface area contributed by atoms with Gasteiger partial charge in [-0.25, -0.2) is 0 Å². The maximum atomic E-state index is 12.9. The number of carbonyl (C=O) groups is 1. The van der Waals surface area contributed by atoms with E-state index >= 15 is 0 Å². The Kier molecular flexibility index (Phi) is 4.61. The van der Waals surface area contributed by atoms with Gasteiger partial charge in [-0.3, -0.25) is 4.79 Å². The molecule has 0 aliphatic carbocycles. The molecule has 0 bridgehead atoms. The molecular weight excluding hydrogens is 316 g/mol. The van der Waals surface area contributed by atoms with Gasteiger partial charge in [-0.1, -0.05) is 103 Å². The molecule has 0 saturated carbocycles. The van der Waals surface area contributed by atoms with Crippen LogP contribution < -0.4 is 0 Å². The second-order valence-electron chi connectivity index (χ2n) is 6.56. The fraction of sp³-hybridized carbons (Fsp3) is 0.0800.